The summed E-state index contributed by atoms with van der Waals surface area (Å²) in [5.41, 5.74) is 7.47. The number of hydrogen-bond acceptors (Lipinski definition) is 7. The third kappa shape index (κ3) is 3.20. The first-order valence-electron chi connectivity index (χ1n) is 6.16. The molecule has 2 rings (SSSR count). The standard InChI is InChI=1S/C13H14N6OS/c1-7-4-8(2)19-12(16-7)17-13(18-19)21-6-11(20)10(5-14)9(3)15/h4H,6,15H2,1-3H3. The lowest BCUT2D eigenvalue weighted by Gasteiger charge is -1.98. The van der Waals surface area contributed by atoms with E-state index in [-0.39, 0.29) is 22.8 Å². The molecular weight excluding hydrogens is 288 g/mol. The summed E-state index contributed by atoms with van der Waals surface area (Å²) in [6, 6.07) is 3.71. The summed E-state index contributed by atoms with van der Waals surface area (Å²) in [5, 5.41) is 13.6. The van der Waals surface area contributed by atoms with Gasteiger partial charge >= 0.3 is 0 Å². The minimum atomic E-state index is -0.331. The molecule has 0 aromatic carbocycles. The van der Waals surface area contributed by atoms with E-state index in [1.165, 1.54) is 6.92 Å². The number of nitriles is 1. The molecule has 0 unspecified atom stereocenters. The van der Waals surface area contributed by atoms with Gasteiger partial charge in [-0.15, -0.1) is 5.10 Å². The number of aryl methyl sites for hydroxylation is 2. The van der Waals surface area contributed by atoms with E-state index >= 15 is 0 Å². The number of aromatic nitrogens is 4. The SMILES string of the molecule is CC(N)=C(C#N)C(=O)CSc1nc2nc(C)cc(C)n2n1. The molecule has 2 heterocycles. The van der Waals surface area contributed by atoms with E-state index in [1.807, 2.05) is 26.0 Å². The van der Waals surface area contributed by atoms with Gasteiger partial charge in [-0.05, 0) is 26.8 Å². The van der Waals surface area contributed by atoms with Crippen molar-refractivity contribution in [2.45, 2.75) is 25.9 Å². The van der Waals surface area contributed by atoms with Crippen LogP contribution in [0.3, 0.4) is 0 Å². The van der Waals surface area contributed by atoms with Crippen LogP contribution < -0.4 is 5.73 Å². The van der Waals surface area contributed by atoms with Crippen LogP contribution in [-0.4, -0.2) is 31.1 Å². The summed E-state index contributed by atoms with van der Waals surface area (Å²) in [4.78, 5) is 20.4. The topological polar surface area (TPSA) is 110 Å². The molecule has 0 saturated heterocycles. The van der Waals surface area contributed by atoms with E-state index in [4.69, 9.17) is 11.0 Å². The molecular formula is C13H14N6OS. The Bertz CT molecular complexity index is 782. The van der Waals surface area contributed by atoms with Crippen molar-refractivity contribution in [3.63, 3.8) is 0 Å². The second-order valence-electron chi connectivity index (χ2n) is 4.53. The third-order valence-electron chi connectivity index (χ3n) is 2.72. The molecule has 0 atom stereocenters. The van der Waals surface area contributed by atoms with Gasteiger partial charge in [-0.2, -0.15) is 10.2 Å². The van der Waals surface area contributed by atoms with Gasteiger partial charge in [0.2, 0.25) is 5.16 Å². The molecule has 0 bridgehead atoms. The number of Topliss-reactive ketones (excluding diaryl/α,β-unsaturated/α-hetero) is 1. The van der Waals surface area contributed by atoms with Gasteiger partial charge in [0.05, 0.1) is 5.75 Å². The zero-order valence-electron chi connectivity index (χ0n) is 11.9. The van der Waals surface area contributed by atoms with Crippen LogP contribution in [0.5, 0.6) is 0 Å². The summed E-state index contributed by atoms with van der Waals surface area (Å²) < 4.78 is 1.62. The molecule has 0 aliphatic heterocycles. The van der Waals surface area contributed by atoms with Crippen LogP contribution in [0.2, 0.25) is 0 Å². The van der Waals surface area contributed by atoms with Crippen LogP contribution in [-0.2, 0) is 4.79 Å². The molecule has 0 amide bonds. The number of hydrogen-bond donors (Lipinski definition) is 1. The Morgan fingerprint density at radius 1 is 1.48 bits per heavy atom. The highest BCUT2D eigenvalue weighted by molar-refractivity contribution is 7.99. The van der Waals surface area contributed by atoms with Crippen molar-refractivity contribution in [1.82, 2.24) is 19.6 Å². The average molecular weight is 302 g/mol. The molecule has 0 saturated carbocycles. The minimum absolute atomic E-state index is 0.0172. The number of rotatable bonds is 4. The Labute approximate surface area is 125 Å². The Balaban J connectivity index is 2.19. The van der Waals surface area contributed by atoms with Crippen molar-refractivity contribution in [2.75, 3.05) is 5.75 Å². The fraction of sp³-hybridized carbons (Fsp3) is 0.308. The number of nitrogens with zero attached hydrogens (tertiary/aromatic N) is 5. The van der Waals surface area contributed by atoms with Gasteiger partial charge in [0.15, 0.2) is 5.78 Å². The van der Waals surface area contributed by atoms with Crippen molar-refractivity contribution in [1.29, 1.82) is 5.26 Å². The second kappa shape index (κ2) is 5.93. The van der Waals surface area contributed by atoms with E-state index in [1.54, 1.807) is 4.52 Å². The molecule has 21 heavy (non-hydrogen) atoms. The van der Waals surface area contributed by atoms with Crippen molar-refractivity contribution < 1.29 is 4.79 Å². The molecule has 7 nitrogen and oxygen atoms in total. The van der Waals surface area contributed by atoms with Gasteiger partial charge in [0, 0.05) is 17.1 Å². The van der Waals surface area contributed by atoms with Crippen LogP contribution in [0.4, 0.5) is 0 Å². The molecule has 2 aromatic heterocycles. The lowest BCUT2D eigenvalue weighted by Crippen LogP contribution is -2.10. The van der Waals surface area contributed by atoms with Crippen LogP contribution in [0.15, 0.2) is 22.5 Å². The van der Waals surface area contributed by atoms with Crippen LogP contribution in [0, 0.1) is 25.2 Å². The monoisotopic (exact) mass is 302 g/mol. The summed E-state index contributed by atoms with van der Waals surface area (Å²) in [5.74, 6) is 0.225. The summed E-state index contributed by atoms with van der Waals surface area (Å²) >= 11 is 1.16. The molecule has 0 fully saturated rings. The average Bonchev–Trinajstić information content (AvgIpc) is 2.80. The summed E-state index contributed by atoms with van der Waals surface area (Å²) in [7, 11) is 0. The summed E-state index contributed by atoms with van der Waals surface area (Å²) in [6.07, 6.45) is 0. The maximum absolute atomic E-state index is 11.9. The first kappa shape index (κ1) is 15.0. The molecule has 0 aliphatic rings. The first-order valence-corrected chi connectivity index (χ1v) is 7.14. The normalized spacial score (nSPS) is 12.1. The number of thioether (sulfide) groups is 1. The fourth-order valence-electron chi connectivity index (χ4n) is 1.78. The Kier molecular flexibility index (Phi) is 4.23. The number of carbonyl (C=O) groups is 1. The van der Waals surface area contributed by atoms with Crippen molar-refractivity contribution in [3.8, 4) is 6.07 Å². The Morgan fingerprint density at radius 3 is 2.81 bits per heavy atom. The summed E-state index contributed by atoms with van der Waals surface area (Å²) in [6.45, 7) is 5.32. The van der Waals surface area contributed by atoms with E-state index in [0.29, 0.717) is 10.9 Å². The molecule has 0 aliphatic carbocycles. The highest BCUT2D eigenvalue weighted by Gasteiger charge is 2.14. The molecule has 0 spiro atoms. The number of nitrogens with two attached hydrogens (primary N) is 1. The van der Waals surface area contributed by atoms with Gasteiger partial charge in [0.25, 0.3) is 5.78 Å². The molecule has 2 N–H and O–H groups in total. The van der Waals surface area contributed by atoms with Crippen LogP contribution >= 0.6 is 11.8 Å². The molecule has 108 valence electrons. The predicted molar refractivity (Wildman–Crippen MR) is 78.5 cm³/mol. The van der Waals surface area contributed by atoms with Crippen LogP contribution in [0.1, 0.15) is 18.3 Å². The van der Waals surface area contributed by atoms with Crippen molar-refractivity contribution in [2.24, 2.45) is 5.73 Å². The molecule has 0 radical (unpaired) electrons. The van der Waals surface area contributed by atoms with Gasteiger partial charge in [0.1, 0.15) is 11.6 Å². The van der Waals surface area contributed by atoms with Gasteiger partial charge in [-0.3, -0.25) is 4.79 Å². The van der Waals surface area contributed by atoms with Gasteiger partial charge in [-0.1, -0.05) is 11.8 Å². The van der Waals surface area contributed by atoms with Gasteiger partial charge < -0.3 is 5.73 Å². The maximum Gasteiger partial charge on any atom is 0.253 e. The molecule has 8 heteroatoms. The van der Waals surface area contributed by atoms with E-state index in [0.717, 1.165) is 23.1 Å². The second-order valence-corrected chi connectivity index (χ2v) is 5.47. The van der Waals surface area contributed by atoms with Gasteiger partial charge in [-0.25, -0.2) is 9.50 Å². The lowest BCUT2D eigenvalue weighted by molar-refractivity contribution is -0.112. The maximum atomic E-state index is 11.9. The van der Waals surface area contributed by atoms with Crippen molar-refractivity contribution in [3.05, 3.63) is 28.7 Å². The van der Waals surface area contributed by atoms with E-state index in [2.05, 4.69) is 15.1 Å². The number of allylic oxidation sites excluding steroid dienone is 2. The van der Waals surface area contributed by atoms with E-state index in [9.17, 15) is 4.79 Å². The van der Waals surface area contributed by atoms with Crippen LogP contribution in [0.25, 0.3) is 5.78 Å². The Morgan fingerprint density at radius 2 is 2.19 bits per heavy atom. The zero-order chi connectivity index (χ0) is 15.6. The highest BCUT2D eigenvalue weighted by atomic mass is 32.2. The molecule has 2 aromatic rings. The largest absolute Gasteiger partial charge is 0.401 e. The quantitative estimate of drug-likeness (QED) is 0.512. The van der Waals surface area contributed by atoms with E-state index < -0.39 is 0 Å². The lowest BCUT2D eigenvalue weighted by atomic mass is 10.2. The Hall–Kier alpha value is -2.40. The fourth-order valence-corrected chi connectivity index (χ4v) is 2.47. The smallest absolute Gasteiger partial charge is 0.253 e. The number of ketones is 1. The minimum Gasteiger partial charge on any atom is -0.401 e. The predicted octanol–water partition coefficient (Wildman–Crippen LogP) is 1.16. The highest BCUT2D eigenvalue weighted by Crippen LogP contribution is 2.17. The zero-order valence-corrected chi connectivity index (χ0v) is 12.7. The number of fused-ring (bicyclic) bond motifs is 1. The first-order chi connectivity index (χ1) is 9.92. The van der Waals surface area contributed by atoms with Crippen molar-refractivity contribution >= 4 is 23.3 Å². The number of carbonyl (C=O) groups excluding carboxylic acids is 1. The third-order valence-corrected chi connectivity index (χ3v) is 3.55.